The molecule has 0 bridgehead atoms. The number of Topliss-reactive ketones (excluding diaryl/α,β-unsaturated/α-hetero) is 1. The van der Waals surface area contributed by atoms with Gasteiger partial charge >= 0.3 is 0 Å². The van der Waals surface area contributed by atoms with Crippen LogP contribution in [0.3, 0.4) is 0 Å². The van der Waals surface area contributed by atoms with Crippen LogP contribution in [-0.4, -0.2) is 28.2 Å². The van der Waals surface area contributed by atoms with E-state index in [-0.39, 0.29) is 5.78 Å². The average Bonchev–Trinajstić information content (AvgIpc) is 3.15. The molecule has 5 nitrogen and oxygen atoms in total. The molecule has 0 radical (unpaired) electrons. The second kappa shape index (κ2) is 8.28. The number of ketones is 1. The van der Waals surface area contributed by atoms with Gasteiger partial charge in [0, 0.05) is 11.1 Å². The summed E-state index contributed by atoms with van der Waals surface area (Å²) in [6.45, 7) is 0. The maximum absolute atomic E-state index is 14.2. The van der Waals surface area contributed by atoms with E-state index in [2.05, 4.69) is 5.16 Å². The first-order valence-electron chi connectivity index (χ1n) is 10.5. The zero-order valence-electron chi connectivity index (χ0n) is 17.6. The molecule has 32 heavy (non-hydrogen) atoms. The van der Waals surface area contributed by atoms with Gasteiger partial charge < -0.3 is 9.94 Å². The zero-order chi connectivity index (χ0) is 22.1. The molecule has 160 valence electrons. The second-order valence-corrected chi connectivity index (χ2v) is 8.93. The smallest absolute Gasteiger partial charge is 0.176 e. The van der Waals surface area contributed by atoms with E-state index in [0.29, 0.717) is 27.8 Å². The van der Waals surface area contributed by atoms with Gasteiger partial charge in [-0.25, -0.2) is 4.99 Å². The van der Waals surface area contributed by atoms with Crippen molar-refractivity contribution in [1.82, 2.24) is 0 Å². The number of ether oxygens (including phenoxy) is 1. The molecular formula is C26H22N2O3S. The van der Waals surface area contributed by atoms with Gasteiger partial charge in [0.2, 0.25) is 0 Å². The van der Waals surface area contributed by atoms with Crippen LogP contribution in [0.4, 0.5) is 5.69 Å². The fourth-order valence-corrected chi connectivity index (χ4v) is 6.16. The van der Waals surface area contributed by atoms with E-state index in [9.17, 15) is 10.0 Å². The summed E-state index contributed by atoms with van der Waals surface area (Å²) in [6.07, 6.45) is 1.31. The van der Waals surface area contributed by atoms with E-state index < -0.39 is 11.3 Å². The number of oxime groups is 1. The number of hydrogen-bond acceptors (Lipinski definition) is 6. The summed E-state index contributed by atoms with van der Waals surface area (Å²) < 4.78 is 5.65. The van der Waals surface area contributed by atoms with Crippen molar-refractivity contribution in [2.45, 2.75) is 18.8 Å². The molecule has 1 saturated heterocycles. The van der Waals surface area contributed by atoms with Crippen LogP contribution in [0.15, 0.2) is 89.0 Å². The van der Waals surface area contributed by atoms with Crippen LogP contribution in [0.1, 0.15) is 33.8 Å². The Morgan fingerprint density at radius 3 is 2.50 bits per heavy atom. The van der Waals surface area contributed by atoms with Crippen molar-refractivity contribution in [3.05, 3.63) is 95.6 Å². The van der Waals surface area contributed by atoms with Gasteiger partial charge in [-0.3, -0.25) is 4.79 Å². The van der Waals surface area contributed by atoms with Crippen LogP contribution in [0.25, 0.3) is 0 Å². The maximum atomic E-state index is 14.2. The number of nitrogens with zero attached hydrogens (tertiary/aromatic N) is 2. The van der Waals surface area contributed by atoms with Crippen LogP contribution < -0.4 is 4.74 Å². The minimum Gasteiger partial charge on any atom is -0.496 e. The molecule has 1 aliphatic carbocycles. The normalized spacial score (nSPS) is 24.8. The number of rotatable bonds is 3. The van der Waals surface area contributed by atoms with Gasteiger partial charge in [-0.05, 0) is 36.6 Å². The predicted molar refractivity (Wildman–Crippen MR) is 128 cm³/mol. The number of carbonyl (C=O) groups excluding carboxylic acids is 1. The molecule has 3 aromatic carbocycles. The van der Waals surface area contributed by atoms with Gasteiger partial charge in [-0.15, -0.1) is 0 Å². The molecule has 2 aliphatic rings. The van der Waals surface area contributed by atoms with Crippen LogP contribution in [0.2, 0.25) is 0 Å². The lowest BCUT2D eigenvalue weighted by atomic mass is 9.62. The molecule has 2 atom stereocenters. The Bertz CT molecular complexity index is 1240. The molecular weight excluding hydrogens is 420 g/mol. The molecule has 6 heteroatoms. The summed E-state index contributed by atoms with van der Waals surface area (Å²) in [5.41, 5.74) is 2.37. The Morgan fingerprint density at radius 2 is 1.72 bits per heavy atom. The number of thioether (sulfide) groups is 1. The van der Waals surface area contributed by atoms with Crippen molar-refractivity contribution in [3.63, 3.8) is 0 Å². The number of benzene rings is 3. The Kier molecular flexibility index (Phi) is 5.31. The fourth-order valence-electron chi connectivity index (χ4n) is 4.83. The molecule has 1 fully saturated rings. The van der Waals surface area contributed by atoms with Gasteiger partial charge in [-0.2, -0.15) is 0 Å². The van der Waals surface area contributed by atoms with Crippen LogP contribution in [0.5, 0.6) is 5.75 Å². The largest absolute Gasteiger partial charge is 0.496 e. The van der Waals surface area contributed by atoms with Crippen molar-refractivity contribution in [1.29, 1.82) is 0 Å². The van der Waals surface area contributed by atoms with Crippen molar-refractivity contribution in [2.24, 2.45) is 15.6 Å². The van der Waals surface area contributed by atoms with Crippen molar-refractivity contribution in [2.75, 3.05) is 7.11 Å². The highest BCUT2D eigenvalue weighted by Gasteiger charge is 2.60. The highest BCUT2D eigenvalue weighted by atomic mass is 32.2. The quantitative estimate of drug-likeness (QED) is 0.407. The van der Waals surface area contributed by atoms with Crippen molar-refractivity contribution >= 4 is 33.3 Å². The zero-order valence-corrected chi connectivity index (χ0v) is 18.4. The lowest BCUT2D eigenvalue weighted by Crippen LogP contribution is -2.44. The van der Waals surface area contributed by atoms with E-state index in [1.807, 2.05) is 78.9 Å². The molecule has 0 amide bonds. The molecule has 0 saturated carbocycles. The number of methoxy groups -OCH3 is 1. The molecule has 3 aromatic rings. The highest BCUT2D eigenvalue weighted by Crippen LogP contribution is 2.58. The monoisotopic (exact) mass is 442 g/mol. The number of hydrogen-bond donors (Lipinski definition) is 1. The number of carbonyl (C=O) groups is 1. The van der Waals surface area contributed by atoms with Gasteiger partial charge in [0.25, 0.3) is 0 Å². The van der Waals surface area contributed by atoms with E-state index in [4.69, 9.17) is 9.73 Å². The Labute approximate surface area is 190 Å². The summed E-state index contributed by atoms with van der Waals surface area (Å²) in [5.74, 6) is 0.180. The molecule has 0 unspecified atom stereocenters. The number of aryl methyl sites for hydroxylation is 1. The summed E-state index contributed by atoms with van der Waals surface area (Å²) >= 11 is 1.29. The lowest BCUT2D eigenvalue weighted by molar-refractivity contribution is 0.0842. The van der Waals surface area contributed by atoms with Crippen molar-refractivity contribution < 1.29 is 14.7 Å². The van der Waals surface area contributed by atoms with Gasteiger partial charge in [0.15, 0.2) is 5.78 Å². The average molecular weight is 443 g/mol. The third-order valence-corrected chi connectivity index (χ3v) is 7.49. The maximum Gasteiger partial charge on any atom is 0.176 e. The van der Waals surface area contributed by atoms with Crippen LogP contribution in [-0.2, 0) is 6.42 Å². The Morgan fingerprint density at radius 1 is 1.00 bits per heavy atom. The van der Waals surface area contributed by atoms with Crippen LogP contribution >= 0.6 is 11.8 Å². The molecule has 1 N–H and O–H groups in total. The van der Waals surface area contributed by atoms with E-state index in [1.165, 1.54) is 11.8 Å². The topological polar surface area (TPSA) is 71.2 Å². The summed E-state index contributed by atoms with van der Waals surface area (Å²) in [7, 11) is 1.61. The molecule has 1 aliphatic heterocycles. The predicted octanol–water partition coefficient (Wildman–Crippen LogP) is 5.86. The lowest BCUT2D eigenvalue weighted by Gasteiger charge is -2.37. The SMILES string of the molecule is COc1ccccc1[C@H]1/C(=N/O)SC(=Nc2ccccc2)[C@@]12CCc1ccccc1C2=O. The minimum absolute atomic E-state index is 0.0103. The Hall–Kier alpha value is -3.38. The number of para-hydroxylation sites is 2. The molecule has 5 rings (SSSR count). The van der Waals surface area contributed by atoms with Crippen molar-refractivity contribution in [3.8, 4) is 5.75 Å². The molecule has 1 spiro atoms. The van der Waals surface area contributed by atoms with E-state index >= 15 is 0 Å². The number of fused-ring (bicyclic) bond motifs is 1. The molecule has 1 heterocycles. The first-order valence-corrected chi connectivity index (χ1v) is 11.3. The van der Waals surface area contributed by atoms with Gasteiger partial charge in [0.1, 0.15) is 10.8 Å². The first kappa shape index (κ1) is 20.5. The third-order valence-electron chi connectivity index (χ3n) is 6.31. The summed E-state index contributed by atoms with van der Waals surface area (Å²) in [6, 6.07) is 25.0. The summed E-state index contributed by atoms with van der Waals surface area (Å²) in [5, 5.41) is 14.8. The standard InChI is InChI=1S/C26H22N2O3S/c1-31-21-14-8-7-13-20(21)22-24(28-30)32-25(27-18-10-3-2-4-11-18)26(22)16-15-17-9-5-6-12-19(17)23(26)29/h2-14,22,30H,15-16H2,1H3/b27-25?,28-24-/t22-,26-/m0/s1. The minimum atomic E-state index is -0.967. The van der Waals surface area contributed by atoms with E-state index in [1.54, 1.807) is 7.11 Å². The highest BCUT2D eigenvalue weighted by molar-refractivity contribution is 8.27. The Balaban J connectivity index is 1.77. The molecule has 0 aromatic heterocycles. The van der Waals surface area contributed by atoms with E-state index in [0.717, 1.165) is 23.2 Å². The number of aliphatic imine (C=N–C) groups is 1. The van der Waals surface area contributed by atoms with Gasteiger partial charge in [-0.1, -0.05) is 77.6 Å². The first-order chi connectivity index (χ1) is 15.7. The third kappa shape index (κ3) is 3.14. The van der Waals surface area contributed by atoms with Gasteiger partial charge in [0.05, 0.1) is 29.2 Å². The fraction of sp³-hybridized carbons (Fsp3) is 0.192. The van der Waals surface area contributed by atoms with Crippen LogP contribution in [0, 0.1) is 5.41 Å². The summed E-state index contributed by atoms with van der Waals surface area (Å²) in [4.78, 5) is 19.1. The second-order valence-electron chi connectivity index (χ2n) is 7.93.